The Morgan fingerprint density at radius 2 is 1.93 bits per heavy atom. The van der Waals surface area contributed by atoms with Crippen LogP contribution in [0.1, 0.15) is 32.1 Å². The van der Waals surface area contributed by atoms with Gasteiger partial charge >= 0.3 is 0 Å². The lowest BCUT2D eigenvalue weighted by molar-refractivity contribution is 0.102. The molecule has 2 bridgehead atoms. The van der Waals surface area contributed by atoms with E-state index >= 15 is 0 Å². The minimum atomic E-state index is 0.765. The highest BCUT2D eigenvalue weighted by Crippen LogP contribution is 2.35. The highest BCUT2D eigenvalue weighted by Gasteiger charge is 2.39. The monoisotopic (exact) mass is 212 g/mol. The highest BCUT2D eigenvalue weighted by molar-refractivity contribution is 4.96. The van der Waals surface area contributed by atoms with Crippen LogP contribution in [-0.2, 0) is 4.74 Å². The number of methoxy groups -OCH3 is 1. The second-order valence-corrected chi connectivity index (χ2v) is 4.93. The van der Waals surface area contributed by atoms with Gasteiger partial charge in [-0.05, 0) is 39.2 Å². The molecule has 2 rings (SSSR count). The fourth-order valence-electron chi connectivity index (χ4n) is 3.27. The summed E-state index contributed by atoms with van der Waals surface area (Å²) in [6.45, 7) is 2.14. The van der Waals surface area contributed by atoms with Crippen LogP contribution in [-0.4, -0.2) is 50.3 Å². The molecule has 2 aliphatic heterocycles. The smallest absolute Gasteiger partial charge is 0.0474 e. The van der Waals surface area contributed by atoms with E-state index < -0.39 is 0 Å². The summed E-state index contributed by atoms with van der Waals surface area (Å²) in [5.41, 5.74) is 0. The molecule has 0 aromatic rings. The minimum Gasteiger partial charge on any atom is -0.385 e. The van der Waals surface area contributed by atoms with Crippen molar-refractivity contribution in [1.29, 1.82) is 0 Å². The fraction of sp³-hybridized carbons (Fsp3) is 1.00. The van der Waals surface area contributed by atoms with Crippen LogP contribution >= 0.6 is 0 Å². The Kier molecular flexibility index (Phi) is 4.00. The van der Waals surface area contributed by atoms with Crippen LogP contribution in [0, 0.1) is 0 Å². The van der Waals surface area contributed by atoms with E-state index in [2.05, 4.69) is 17.3 Å². The van der Waals surface area contributed by atoms with Gasteiger partial charge in [-0.1, -0.05) is 0 Å². The van der Waals surface area contributed by atoms with E-state index in [9.17, 15) is 0 Å². The lowest BCUT2D eigenvalue weighted by Crippen LogP contribution is -2.48. The third kappa shape index (κ3) is 2.52. The van der Waals surface area contributed by atoms with Gasteiger partial charge in [-0.25, -0.2) is 0 Å². The highest BCUT2D eigenvalue weighted by atomic mass is 16.5. The Labute approximate surface area is 93.2 Å². The van der Waals surface area contributed by atoms with Crippen molar-refractivity contribution in [2.24, 2.45) is 0 Å². The molecule has 2 aliphatic rings. The van der Waals surface area contributed by atoms with Gasteiger partial charge < -0.3 is 10.1 Å². The molecule has 2 heterocycles. The quantitative estimate of drug-likeness (QED) is 0.694. The summed E-state index contributed by atoms with van der Waals surface area (Å²) in [4.78, 5) is 2.73. The standard InChI is InChI=1S/C12H24N2O/c1-13-10-8-11-4-5-12(9-10)14(11)6-3-7-15-2/h10-13H,3-9H2,1-2H3. The Hall–Kier alpha value is -0.120. The van der Waals surface area contributed by atoms with Crippen molar-refractivity contribution in [1.82, 2.24) is 10.2 Å². The van der Waals surface area contributed by atoms with Crippen LogP contribution in [0.3, 0.4) is 0 Å². The Morgan fingerprint density at radius 1 is 1.27 bits per heavy atom. The largest absolute Gasteiger partial charge is 0.385 e. The van der Waals surface area contributed by atoms with Crippen LogP contribution in [0.4, 0.5) is 0 Å². The number of fused-ring (bicyclic) bond motifs is 2. The zero-order chi connectivity index (χ0) is 10.7. The van der Waals surface area contributed by atoms with Gasteiger partial charge in [-0.2, -0.15) is 0 Å². The van der Waals surface area contributed by atoms with E-state index in [0.29, 0.717) is 0 Å². The molecule has 0 amide bonds. The van der Waals surface area contributed by atoms with Crippen molar-refractivity contribution < 1.29 is 4.74 Å². The van der Waals surface area contributed by atoms with Gasteiger partial charge in [-0.3, -0.25) is 4.90 Å². The number of nitrogens with zero attached hydrogens (tertiary/aromatic N) is 1. The van der Waals surface area contributed by atoms with Gasteiger partial charge in [0.25, 0.3) is 0 Å². The van der Waals surface area contributed by atoms with Gasteiger partial charge in [0.15, 0.2) is 0 Å². The first-order chi connectivity index (χ1) is 7.35. The fourth-order valence-corrected chi connectivity index (χ4v) is 3.27. The molecule has 2 unspecified atom stereocenters. The summed E-state index contributed by atoms with van der Waals surface area (Å²) < 4.78 is 5.13. The first kappa shape index (κ1) is 11.4. The van der Waals surface area contributed by atoms with Gasteiger partial charge in [0.2, 0.25) is 0 Å². The molecule has 0 aliphatic carbocycles. The summed E-state index contributed by atoms with van der Waals surface area (Å²) in [5.74, 6) is 0. The SMILES string of the molecule is CNC1CC2CCC(C1)N2CCCOC. The molecular formula is C12H24N2O. The van der Waals surface area contributed by atoms with Crippen molar-refractivity contribution >= 4 is 0 Å². The normalized spacial score (nSPS) is 36.0. The molecule has 0 radical (unpaired) electrons. The van der Waals surface area contributed by atoms with Crippen molar-refractivity contribution in [2.75, 3.05) is 27.3 Å². The van der Waals surface area contributed by atoms with Crippen LogP contribution in [0.2, 0.25) is 0 Å². The number of ether oxygens (including phenoxy) is 1. The molecule has 15 heavy (non-hydrogen) atoms. The number of nitrogens with one attached hydrogen (secondary N) is 1. The Morgan fingerprint density at radius 3 is 2.47 bits per heavy atom. The van der Waals surface area contributed by atoms with Crippen molar-refractivity contribution in [3.05, 3.63) is 0 Å². The molecule has 0 aromatic carbocycles. The maximum Gasteiger partial charge on any atom is 0.0474 e. The summed E-state index contributed by atoms with van der Waals surface area (Å²) in [6, 6.07) is 2.46. The molecule has 88 valence electrons. The van der Waals surface area contributed by atoms with E-state index in [-0.39, 0.29) is 0 Å². The lowest BCUT2D eigenvalue weighted by atomic mass is 9.97. The van der Waals surface area contributed by atoms with Crippen molar-refractivity contribution in [2.45, 2.75) is 50.2 Å². The van der Waals surface area contributed by atoms with Crippen LogP contribution in [0.5, 0.6) is 0 Å². The first-order valence-electron chi connectivity index (χ1n) is 6.27. The predicted molar refractivity (Wildman–Crippen MR) is 62.1 cm³/mol. The van der Waals surface area contributed by atoms with Crippen LogP contribution in [0.15, 0.2) is 0 Å². The van der Waals surface area contributed by atoms with Crippen molar-refractivity contribution in [3.63, 3.8) is 0 Å². The van der Waals surface area contributed by atoms with E-state index in [4.69, 9.17) is 4.74 Å². The average Bonchev–Trinajstić information content (AvgIpc) is 2.51. The second kappa shape index (κ2) is 5.28. The van der Waals surface area contributed by atoms with E-state index in [1.807, 2.05) is 0 Å². The summed E-state index contributed by atoms with van der Waals surface area (Å²) in [5, 5.41) is 3.44. The first-order valence-corrected chi connectivity index (χ1v) is 6.27. The average molecular weight is 212 g/mol. The Bertz CT molecular complexity index is 184. The lowest BCUT2D eigenvalue weighted by Gasteiger charge is -2.38. The minimum absolute atomic E-state index is 0.765. The van der Waals surface area contributed by atoms with E-state index in [0.717, 1.165) is 24.7 Å². The molecule has 0 spiro atoms. The van der Waals surface area contributed by atoms with Crippen molar-refractivity contribution in [3.8, 4) is 0 Å². The number of rotatable bonds is 5. The summed E-state index contributed by atoms with van der Waals surface area (Å²) >= 11 is 0. The predicted octanol–water partition coefficient (Wildman–Crippen LogP) is 1.24. The number of hydrogen-bond donors (Lipinski definition) is 1. The molecule has 1 N–H and O–H groups in total. The summed E-state index contributed by atoms with van der Waals surface area (Å²) in [7, 11) is 3.90. The van der Waals surface area contributed by atoms with E-state index in [1.54, 1.807) is 7.11 Å². The molecule has 0 saturated carbocycles. The van der Waals surface area contributed by atoms with Gasteiger partial charge in [0.05, 0.1) is 0 Å². The maximum absolute atomic E-state index is 5.13. The molecule has 2 atom stereocenters. The Balaban J connectivity index is 1.82. The molecule has 0 aromatic heterocycles. The third-order valence-electron chi connectivity index (χ3n) is 4.06. The van der Waals surface area contributed by atoms with E-state index in [1.165, 1.54) is 38.6 Å². The molecule has 3 heteroatoms. The zero-order valence-electron chi connectivity index (χ0n) is 10.0. The summed E-state index contributed by atoms with van der Waals surface area (Å²) in [6.07, 6.45) is 6.71. The zero-order valence-corrected chi connectivity index (χ0v) is 10.0. The molecule has 2 fully saturated rings. The second-order valence-electron chi connectivity index (χ2n) is 4.93. The number of piperidine rings is 1. The molecular weight excluding hydrogens is 188 g/mol. The third-order valence-corrected chi connectivity index (χ3v) is 4.06. The van der Waals surface area contributed by atoms with Crippen LogP contribution < -0.4 is 5.32 Å². The maximum atomic E-state index is 5.13. The topological polar surface area (TPSA) is 24.5 Å². The van der Waals surface area contributed by atoms with Crippen LogP contribution in [0.25, 0.3) is 0 Å². The van der Waals surface area contributed by atoms with Gasteiger partial charge in [-0.15, -0.1) is 0 Å². The molecule has 2 saturated heterocycles. The number of hydrogen-bond acceptors (Lipinski definition) is 3. The van der Waals surface area contributed by atoms with Gasteiger partial charge in [0, 0.05) is 38.4 Å². The van der Waals surface area contributed by atoms with Gasteiger partial charge in [0.1, 0.15) is 0 Å². The molecule has 3 nitrogen and oxygen atoms in total.